The van der Waals surface area contributed by atoms with Gasteiger partial charge in [-0.25, -0.2) is 0 Å². The quantitative estimate of drug-likeness (QED) is 0.588. The summed E-state index contributed by atoms with van der Waals surface area (Å²) in [6.45, 7) is 2.15. The fraction of sp³-hybridized carbons (Fsp3) is 0.158. The number of hydrogen-bond acceptors (Lipinski definition) is 5. The summed E-state index contributed by atoms with van der Waals surface area (Å²) in [5.74, 6) is -1.40. The Balaban J connectivity index is 1.54. The van der Waals surface area contributed by atoms with Gasteiger partial charge < -0.3 is 15.7 Å². The third kappa shape index (κ3) is 4.57. The second-order valence-corrected chi connectivity index (χ2v) is 7.91. The average molecular weight is 386 g/mol. The Morgan fingerprint density at radius 1 is 1.08 bits per heavy atom. The molecule has 2 heterocycles. The van der Waals surface area contributed by atoms with E-state index in [0.29, 0.717) is 5.69 Å². The summed E-state index contributed by atoms with van der Waals surface area (Å²) in [5.41, 5.74) is 1.58. The van der Waals surface area contributed by atoms with Gasteiger partial charge >= 0.3 is 11.8 Å². The minimum atomic E-state index is -0.703. The number of nitrogens with one attached hydrogen (secondary N) is 2. The number of aliphatic hydroxyl groups excluding tert-OH is 1. The van der Waals surface area contributed by atoms with Crippen LogP contribution in [0.25, 0.3) is 0 Å². The van der Waals surface area contributed by atoms with Gasteiger partial charge in [0, 0.05) is 20.3 Å². The number of carbonyl (C=O) groups is 2. The maximum Gasteiger partial charge on any atom is 0.313 e. The number of aryl methyl sites for hydroxylation is 1. The highest BCUT2D eigenvalue weighted by Gasteiger charge is 2.16. The number of carbonyl (C=O) groups excluding carboxylic acids is 2. The first-order chi connectivity index (χ1) is 12.5. The minimum Gasteiger partial charge on any atom is -0.382 e. The summed E-state index contributed by atoms with van der Waals surface area (Å²) < 4.78 is 0. The van der Waals surface area contributed by atoms with Crippen molar-refractivity contribution in [3.05, 3.63) is 74.1 Å². The summed E-state index contributed by atoms with van der Waals surface area (Å²) in [4.78, 5) is 26.5. The number of anilines is 1. The standard InChI is InChI=1S/C19H18N2O3S2/c1-12-4-2-5-13(10-12)21-19(24)18(23)20-11-14-7-8-16(26-14)17(22)15-6-3-9-25-15/h2-10,17,22H,11H2,1H3,(H,20,23)(H,21,24)/t17-/m0/s1. The normalized spacial score (nSPS) is 11.8. The van der Waals surface area contributed by atoms with Gasteiger partial charge in [0.1, 0.15) is 6.10 Å². The molecule has 3 N–H and O–H groups in total. The molecule has 5 nitrogen and oxygen atoms in total. The van der Waals surface area contributed by atoms with Crippen molar-refractivity contribution in [3.8, 4) is 0 Å². The third-order valence-corrected chi connectivity index (χ3v) is 5.73. The molecular weight excluding hydrogens is 368 g/mol. The molecule has 0 aliphatic rings. The third-order valence-electron chi connectivity index (χ3n) is 3.67. The van der Waals surface area contributed by atoms with Crippen molar-refractivity contribution in [3.63, 3.8) is 0 Å². The molecule has 2 aromatic heterocycles. The Morgan fingerprint density at radius 2 is 1.92 bits per heavy atom. The van der Waals surface area contributed by atoms with Crippen molar-refractivity contribution in [2.24, 2.45) is 0 Å². The highest BCUT2D eigenvalue weighted by atomic mass is 32.1. The summed E-state index contributed by atoms with van der Waals surface area (Å²) in [6, 6.07) is 14.7. The Hall–Kier alpha value is -2.48. The maximum atomic E-state index is 12.0. The van der Waals surface area contributed by atoms with Crippen LogP contribution in [-0.4, -0.2) is 16.9 Å². The molecule has 0 spiro atoms. The molecule has 1 aromatic carbocycles. The summed E-state index contributed by atoms with van der Waals surface area (Å²) >= 11 is 2.90. The molecule has 7 heteroatoms. The second kappa shape index (κ2) is 8.27. The number of thiophene rings is 2. The van der Waals surface area contributed by atoms with Gasteiger partial charge in [0.2, 0.25) is 0 Å². The molecular formula is C19H18N2O3S2. The number of hydrogen-bond donors (Lipinski definition) is 3. The smallest absolute Gasteiger partial charge is 0.313 e. The van der Waals surface area contributed by atoms with E-state index in [-0.39, 0.29) is 6.54 Å². The van der Waals surface area contributed by atoms with Gasteiger partial charge in [-0.1, -0.05) is 18.2 Å². The van der Waals surface area contributed by atoms with Crippen LogP contribution in [0.4, 0.5) is 5.69 Å². The molecule has 0 fully saturated rings. The number of rotatable bonds is 5. The predicted molar refractivity (Wildman–Crippen MR) is 104 cm³/mol. The fourth-order valence-electron chi connectivity index (χ4n) is 2.38. The average Bonchev–Trinajstić information content (AvgIpc) is 3.31. The molecule has 0 unspecified atom stereocenters. The molecule has 3 rings (SSSR count). The van der Waals surface area contributed by atoms with E-state index in [1.807, 2.05) is 48.7 Å². The lowest BCUT2D eigenvalue weighted by molar-refractivity contribution is -0.136. The molecule has 134 valence electrons. The van der Waals surface area contributed by atoms with E-state index in [4.69, 9.17) is 0 Å². The molecule has 0 saturated heterocycles. The van der Waals surface area contributed by atoms with Crippen LogP contribution in [0, 0.1) is 6.92 Å². The van der Waals surface area contributed by atoms with Crippen LogP contribution in [0.1, 0.15) is 26.3 Å². The Bertz CT molecular complexity index is 903. The molecule has 0 radical (unpaired) electrons. The van der Waals surface area contributed by atoms with Crippen molar-refractivity contribution in [1.82, 2.24) is 5.32 Å². The SMILES string of the molecule is Cc1cccc(NC(=O)C(=O)NCc2ccc([C@@H](O)c3cccs3)s2)c1. The highest BCUT2D eigenvalue weighted by Crippen LogP contribution is 2.30. The first kappa shape index (κ1) is 18.3. The molecule has 0 saturated carbocycles. The molecule has 26 heavy (non-hydrogen) atoms. The van der Waals surface area contributed by atoms with E-state index >= 15 is 0 Å². The van der Waals surface area contributed by atoms with Gasteiger partial charge in [0.25, 0.3) is 0 Å². The zero-order valence-corrected chi connectivity index (χ0v) is 15.7. The minimum absolute atomic E-state index is 0.238. The van der Waals surface area contributed by atoms with Crippen LogP contribution >= 0.6 is 22.7 Å². The van der Waals surface area contributed by atoms with Crippen LogP contribution in [0.5, 0.6) is 0 Å². The van der Waals surface area contributed by atoms with E-state index in [9.17, 15) is 14.7 Å². The van der Waals surface area contributed by atoms with E-state index in [0.717, 1.165) is 20.2 Å². The van der Waals surface area contributed by atoms with Crippen LogP contribution in [0.15, 0.2) is 53.9 Å². The van der Waals surface area contributed by atoms with Crippen LogP contribution in [0.2, 0.25) is 0 Å². The lowest BCUT2D eigenvalue weighted by Gasteiger charge is -2.07. The van der Waals surface area contributed by atoms with E-state index in [1.165, 1.54) is 22.7 Å². The van der Waals surface area contributed by atoms with Gasteiger partial charge in [-0.05, 0) is 48.2 Å². The molecule has 2 amide bonds. The fourth-order valence-corrected chi connectivity index (χ4v) is 4.14. The monoisotopic (exact) mass is 386 g/mol. The van der Waals surface area contributed by atoms with Crippen molar-refractivity contribution >= 4 is 40.2 Å². The van der Waals surface area contributed by atoms with E-state index in [2.05, 4.69) is 10.6 Å². The molecule has 0 aliphatic heterocycles. The second-order valence-electron chi connectivity index (χ2n) is 5.73. The van der Waals surface area contributed by atoms with Crippen molar-refractivity contribution < 1.29 is 14.7 Å². The summed E-state index contributed by atoms with van der Waals surface area (Å²) in [5, 5.41) is 17.4. The summed E-state index contributed by atoms with van der Waals surface area (Å²) in [6.07, 6.45) is -0.658. The Morgan fingerprint density at radius 3 is 2.65 bits per heavy atom. The lowest BCUT2D eigenvalue weighted by Crippen LogP contribution is -2.34. The van der Waals surface area contributed by atoms with Gasteiger partial charge in [0.15, 0.2) is 0 Å². The van der Waals surface area contributed by atoms with E-state index in [1.54, 1.807) is 12.1 Å². The zero-order chi connectivity index (χ0) is 18.5. The largest absolute Gasteiger partial charge is 0.382 e. The van der Waals surface area contributed by atoms with Crippen molar-refractivity contribution in [1.29, 1.82) is 0 Å². The molecule has 0 aliphatic carbocycles. The van der Waals surface area contributed by atoms with Gasteiger partial charge in [-0.2, -0.15) is 0 Å². The van der Waals surface area contributed by atoms with Crippen LogP contribution in [0.3, 0.4) is 0 Å². The molecule has 0 bridgehead atoms. The van der Waals surface area contributed by atoms with Crippen molar-refractivity contribution in [2.45, 2.75) is 19.6 Å². The van der Waals surface area contributed by atoms with Crippen molar-refractivity contribution in [2.75, 3.05) is 5.32 Å². The van der Waals surface area contributed by atoms with Crippen LogP contribution < -0.4 is 10.6 Å². The topological polar surface area (TPSA) is 78.4 Å². The van der Waals surface area contributed by atoms with Crippen LogP contribution in [-0.2, 0) is 16.1 Å². The number of amides is 2. The van der Waals surface area contributed by atoms with E-state index < -0.39 is 17.9 Å². The zero-order valence-electron chi connectivity index (χ0n) is 14.1. The first-order valence-electron chi connectivity index (χ1n) is 7.99. The molecule has 1 atom stereocenters. The predicted octanol–water partition coefficient (Wildman–Crippen LogP) is 3.45. The van der Waals surface area contributed by atoms with Gasteiger partial charge in [-0.15, -0.1) is 22.7 Å². The van der Waals surface area contributed by atoms with Gasteiger partial charge in [0.05, 0.1) is 6.54 Å². The Kier molecular flexibility index (Phi) is 5.82. The van der Waals surface area contributed by atoms with Gasteiger partial charge in [-0.3, -0.25) is 9.59 Å². The molecule has 3 aromatic rings. The maximum absolute atomic E-state index is 12.0. The first-order valence-corrected chi connectivity index (χ1v) is 9.68. The lowest BCUT2D eigenvalue weighted by atomic mass is 10.2. The number of aliphatic hydroxyl groups is 1. The summed E-state index contributed by atoms with van der Waals surface area (Å²) in [7, 11) is 0. The highest BCUT2D eigenvalue weighted by molar-refractivity contribution is 7.12. The Labute approximate surface area is 159 Å². The number of benzene rings is 1.